The monoisotopic (exact) mass is 412 g/mol. The van der Waals surface area contributed by atoms with Crippen LogP contribution in [0.5, 0.6) is 0 Å². The summed E-state index contributed by atoms with van der Waals surface area (Å²) in [5.41, 5.74) is 1.98. The standard InChI is InChI=1S/C22H25FN4O3/c1-16-5-7-19(8-6-16)25-21(29)20(28)24-9-10-26-11-13-27(14-12-26)22(30)17-3-2-4-18(23)15-17/h2-8,15H,9-14H2,1H3,(H,24,28)(H,25,29). The van der Waals surface area contributed by atoms with Crippen LogP contribution in [0.15, 0.2) is 48.5 Å². The van der Waals surface area contributed by atoms with Gasteiger partial charge in [0.05, 0.1) is 0 Å². The number of hydrogen-bond donors (Lipinski definition) is 2. The van der Waals surface area contributed by atoms with Crippen molar-refractivity contribution in [2.75, 3.05) is 44.6 Å². The zero-order valence-corrected chi connectivity index (χ0v) is 16.9. The zero-order chi connectivity index (χ0) is 21.5. The maximum absolute atomic E-state index is 13.3. The smallest absolute Gasteiger partial charge is 0.313 e. The number of benzene rings is 2. The lowest BCUT2D eigenvalue weighted by atomic mass is 10.1. The fraction of sp³-hybridized carbons (Fsp3) is 0.318. The Morgan fingerprint density at radius 3 is 2.33 bits per heavy atom. The molecule has 0 atom stereocenters. The number of hydrogen-bond acceptors (Lipinski definition) is 4. The Labute approximate surface area is 174 Å². The van der Waals surface area contributed by atoms with Crippen molar-refractivity contribution in [2.24, 2.45) is 0 Å². The van der Waals surface area contributed by atoms with Crippen molar-refractivity contribution in [3.8, 4) is 0 Å². The molecule has 0 spiro atoms. The van der Waals surface area contributed by atoms with E-state index in [9.17, 15) is 18.8 Å². The Hall–Kier alpha value is -3.26. The second-order valence-electron chi connectivity index (χ2n) is 7.22. The van der Waals surface area contributed by atoms with Gasteiger partial charge in [-0.3, -0.25) is 19.3 Å². The Kier molecular flexibility index (Phi) is 7.13. The minimum Gasteiger partial charge on any atom is -0.347 e. The van der Waals surface area contributed by atoms with E-state index in [0.717, 1.165) is 5.56 Å². The lowest BCUT2D eigenvalue weighted by Gasteiger charge is -2.34. The molecule has 1 fully saturated rings. The Morgan fingerprint density at radius 1 is 0.967 bits per heavy atom. The molecule has 1 heterocycles. The van der Waals surface area contributed by atoms with Crippen LogP contribution in [-0.4, -0.2) is 66.8 Å². The van der Waals surface area contributed by atoms with Gasteiger partial charge in [0, 0.05) is 50.5 Å². The quantitative estimate of drug-likeness (QED) is 0.732. The normalized spacial score (nSPS) is 14.3. The first-order chi connectivity index (χ1) is 14.4. The first kappa shape index (κ1) is 21.4. The molecule has 0 unspecified atom stereocenters. The summed E-state index contributed by atoms with van der Waals surface area (Å²) in [5.74, 6) is -2.00. The Morgan fingerprint density at radius 2 is 1.67 bits per heavy atom. The largest absolute Gasteiger partial charge is 0.347 e. The van der Waals surface area contributed by atoms with E-state index < -0.39 is 17.6 Å². The summed E-state index contributed by atoms with van der Waals surface area (Å²) >= 11 is 0. The number of amides is 3. The molecule has 30 heavy (non-hydrogen) atoms. The Bertz CT molecular complexity index is 909. The highest BCUT2D eigenvalue weighted by molar-refractivity contribution is 6.39. The molecule has 0 saturated carbocycles. The molecule has 8 heteroatoms. The number of piperazine rings is 1. The summed E-state index contributed by atoms with van der Waals surface area (Å²) in [7, 11) is 0. The number of nitrogens with one attached hydrogen (secondary N) is 2. The van der Waals surface area contributed by atoms with Crippen molar-refractivity contribution < 1.29 is 18.8 Å². The van der Waals surface area contributed by atoms with Gasteiger partial charge in [0.25, 0.3) is 5.91 Å². The first-order valence-corrected chi connectivity index (χ1v) is 9.85. The maximum Gasteiger partial charge on any atom is 0.313 e. The molecular formula is C22H25FN4O3. The number of carbonyl (C=O) groups is 3. The third-order valence-electron chi connectivity index (χ3n) is 4.96. The minimum absolute atomic E-state index is 0.185. The van der Waals surface area contributed by atoms with Gasteiger partial charge >= 0.3 is 11.8 Å². The lowest BCUT2D eigenvalue weighted by molar-refractivity contribution is -0.136. The van der Waals surface area contributed by atoms with E-state index in [-0.39, 0.29) is 5.91 Å². The molecule has 158 valence electrons. The molecule has 2 aromatic rings. The van der Waals surface area contributed by atoms with Crippen molar-refractivity contribution in [3.63, 3.8) is 0 Å². The highest BCUT2D eigenvalue weighted by Crippen LogP contribution is 2.10. The van der Waals surface area contributed by atoms with Gasteiger partial charge in [-0.05, 0) is 37.3 Å². The number of halogens is 1. The van der Waals surface area contributed by atoms with Gasteiger partial charge in [-0.2, -0.15) is 0 Å². The topological polar surface area (TPSA) is 81.8 Å². The van der Waals surface area contributed by atoms with Gasteiger partial charge < -0.3 is 15.5 Å². The van der Waals surface area contributed by atoms with Crippen LogP contribution >= 0.6 is 0 Å². The second-order valence-corrected chi connectivity index (χ2v) is 7.22. The molecule has 0 aliphatic carbocycles. The molecule has 2 N–H and O–H groups in total. The minimum atomic E-state index is -0.704. The maximum atomic E-state index is 13.3. The first-order valence-electron chi connectivity index (χ1n) is 9.85. The molecule has 2 aromatic carbocycles. The number of anilines is 1. The fourth-order valence-electron chi connectivity index (χ4n) is 3.21. The van der Waals surface area contributed by atoms with Gasteiger partial charge in [0.1, 0.15) is 5.82 Å². The van der Waals surface area contributed by atoms with E-state index in [1.165, 1.54) is 18.2 Å². The average molecular weight is 412 g/mol. The fourth-order valence-corrected chi connectivity index (χ4v) is 3.21. The molecule has 1 aliphatic heterocycles. The van der Waals surface area contributed by atoms with Crippen LogP contribution in [-0.2, 0) is 9.59 Å². The van der Waals surface area contributed by atoms with Gasteiger partial charge in [-0.1, -0.05) is 23.8 Å². The van der Waals surface area contributed by atoms with E-state index >= 15 is 0 Å². The molecule has 0 radical (unpaired) electrons. The summed E-state index contributed by atoms with van der Waals surface area (Å²) in [5, 5.41) is 5.17. The van der Waals surface area contributed by atoms with Crippen LogP contribution in [0.3, 0.4) is 0 Å². The summed E-state index contributed by atoms with van der Waals surface area (Å²) in [6, 6.07) is 12.9. The molecule has 7 nitrogen and oxygen atoms in total. The number of aryl methyl sites for hydroxylation is 1. The van der Waals surface area contributed by atoms with Crippen LogP contribution in [0.2, 0.25) is 0 Å². The van der Waals surface area contributed by atoms with Crippen LogP contribution in [0.4, 0.5) is 10.1 Å². The van der Waals surface area contributed by atoms with E-state index in [1.54, 1.807) is 23.1 Å². The lowest BCUT2D eigenvalue weighted by Crippen LogP contribution is -2.50. The van der Waals surface area contributed by atoms with E-state index in [4.69, 9.17) is 0 Å². The van der Waals surface area contributed by atoms with Crippen molar-refractivity contribution in [1.82, 2.24) is 15.1 Å². The predicted molar refractivity (Wildman–Crippen MR) is 112 cm³/mol. The molecule has 1 aliphatic rings. The van der Waals surface area contributed by atoms with Gasteiger partial charge in [0.2, 0.25) is 0 Å². The number of carbonyl (C=O) groups excluding carboxylic acids is 3. The van der Waals surface area contributed by atoms with Crippen LogP contribution in [0.25, 0.3) is 0 Å². The molecule has 3 rings (SSSR count). The van der Waals surface area contributed by atoms with Crippen LogP contribution in [0, 0.1) is 12.7 Å². The van der Waals surface area contributed by atoms with Gasteiger partial charge in [-0.15, -0.1) is 0 Å². The highest BCUT2D eigenvalue weighted by atomic mass is 19.1. The van der Waals surface area contributed by atoms with E-state index in [1.807, 2.05) is 19.1 Å². The second kappa shape index (κ2) is 9.98. The zero-order valence-electron chi connectivity index (χ0n) is 16.9. The van der Waals surface area contributed by atoms with Crippen LogP contribution in [0.1, 0.15) is 15.9 Å². The molecule has 3 amide bonds. The number of rotatable bonds is 5. The van der Waals surface area contributed by atoms with Crippen LogP contribution < -0.4 is 10.6 Å². The summed E-state index contributed by atoms with van der Waals surface area (Å²) in [6.45, 7) is 5.19. The third kappa shape index (κ3) is 5.87. The molecular weight excluding hydrogens is 387 g/mol. The van der Waals surface area contributed by atoms with E-state index in [0.29, 0.717) is 50.5 Å². The summed E-state index contributed by atoms with van der Waals surface area (Å²) in [4.78, 5) is 40.1. The molecule has 1 saturated heterocycles. The van der Waals surface area contributed by atoms with Crippen molar-refractivity contribution >= 4 is 23.4 Å². The predicted octanol–water partition coefficient (Wildman–Crippen LogP) is 1.65. The third-order valence-corrected chi connectivity index (χ3v) is 4.96. The SMILES string of the molecule is Cc1ccc(NC(=O)C(=O)NCCN2CCN(C(=O)c3cccc(F)c3)CC2)cc1. The number of nitrogens with zero attached hydrogens (tertiary/aromatic N) is 2. The van der Waals surface area contributed by atoms with Gasteiger partial charge in [-0.25, -0.2) is 4.39 Å². The molecule has 0 bridgehead atoms. The van der Waals surface area contributed by atoms with Crippen molar-refractivity contribution in [2.45, 2.75) is 6.92 Å². The average Bonchev–Trinajstić information content (AvgIpc) is 2.75. The molecule has 0 aromatic heterocycles. The highest BCUT2D eigenvalue weighted by Gasteiger charge is 2.22. The Balaban J connectivity index is 1.37. The van der Waals surface area contributed by atoms with E-state index in [2.05, 4.69) is 15.5 Å². The summed E-state index contributed by atoms with van der Waals surface area (Å²) < 4.78 is 13.3. The van der Waals surface area contributed by atoms with Crippen molar-refractivity contribution in [3.05, 3.63) is 65.5 Å². The summed E-state index contributed by atoms with van der Waals surface area (Å²) in [6.07, 6.45) is 0. The van der Waals surface area contributed by atoms with Gasteiger partial charge in [0.15, 0.2) is 0 Å². The van der Waals surface area contributed by atoms with Crippen molar-refractivity contribution in [1.29, 1.82) is 0 Å².